The Hall–Kier alpha value is -12.8. The van der Waals surface area contributed by atoms with Gasteiger partial charge in [0, 0.05) is 83.7 Å². The minimum atomic E-state index is -0.0145. The zero-order chi connectivity index (χ0) is 62.5. The van der Waals surface area contributed by atoms with Crippen molar-refractivity contribution in [3.8, 4) is 84.9 Å². The van der Waals surface area contributed by atoms with Crippen LogP contribution in [0.25, 0.3) is 129 Å². The van der Waals surface area contributed by atoms with E-state index in [1.54, 1.807) is 0 Å². The summed E-state index contributed by atoms with van der Waals surface area (Å²) in [7, 11) is 0. The average Bonchev–Trinajstić information content (AvgIpc) is 1.66. The van der Waals surface area contributed by atoms with E-state index in [4.69, 9.17) is 29.3 Å². The van der Waals surface area contributed by atoms with Crippen LogP contribution in [-0.4, -0.2) is 36.2 Å². The molecule has 19 rings (SSSR count). The third-order valence-corrected chi connectivity index (χ3v) is 18.8. The molecule has 0 N–H and O–H groups in total. The molecule has 0 radical (unpaired) electrons. The predicted octanol–water partition coefficient (Wildman–Crippen LogP) is 19.4. The summed E-state index contributed by atoms with van der Waals surface area (Å²) in [4.78, 5) is 31.9. The number of hydrogen-bond donors (Lipinski definition) is 0. The van der Waals surface area contributed by atoms with Crippen LogP contribution >= 0.6 is 0 Å². The fourth-order valence-electron chi connectivity index (χ4n) is 14.6. The number of benzene rings is 13. The molecule has 2 aliphatic rings. The average molecular weight is 1210 g/mol. The number of para-hydroxylation sites is 6. The highest BCUT2D eigenvalue weighted by atomic mass is 16.3. The molecule has 10 heteroatoms. The number of furan rings is 1. The van der Waals surface area contributed by atoms with Crippen molar-refractivity contribution in [2.75, 3.05) is 9.80 Å². The third-order valence-electron chi connectivity index (χ3n) is 18.8. The maximum absolute atomic E-state index is 6.85. The van der Waals surface area contributed by atoms with E-state index in [9.17, 15) is 0 Å². The number of rotatable bonds is 10. The van der Waals surface area contributed by atoms with Crippen LogP contribution < -0.4 is 26.2 Å². The molecule has 13 aromatic carbocycles. The van der Waals surface area contributed by atoms with Gasteiger partial charge in [0.05, 0.1) is 33.5 Å². The maximum Gasteiger partial charge on any atom is 0.252 e. The number of fused-ring (bicyclic) bond motifs is 11. The number of anilines is 6. The van der Waals surface area contributed by atoms with Crippen LogP contribution in [0.5, 0.6) is 0 Å². The van der Waals surface area contributed by atoms with E-state index in [1.807, 2.05) is 78.9 Å². The largest absolute Gasteiger partial charge is 0.455 e. The van der Waals surface area contributed by atoms with Gasteiger partial charge in [-0.1, -0.05) is 218 Å². The summed E-state index contributed by atoms with van der Waals surface area (Å²) in [5, 5.41) is 4.25. The lowest BCUT2D eigenvalue weighted by molar-refractivity contribution is 0.673. The first-order valence-corrected chi connectivity index (χ1v) is 32.1. The first-order chi connectivity index (χ1) is 47.1. The van der Waals surface area contributed by atoms with Gasteiger partial charge in [-0.3, -0.25) is 0 Å². The Morgan fingerprint density at radius 3 is 1.42 bits per heavy atom. The fourth-order valence-corrected chi connectivity index (χ4v) is 14.6. The minimum absolute atomic E-state index is 0.0145. The molecule has 0 unspecified atom stereocenters. The van der Waals surface area contributed by atoms with E-state index in [0.717, 1.165) is 134 Å². The van der Waals surface area contributed by atoms with Gasteiger partial charge in [-0.25, -0.2) is 24.9 Å². The highest BCUT2D eigenvalue weighted by molar-refractivity contribution is 7.00. The first-order valence-electron chi connectivity index (χ1n) is 32.1. The first kappa shape index (κ1) is 54.0. The second-order valence-corrected chi connectivity index (χ2v) is 24.3. The zero-order valence-corrected chi connectivity index (χ0v) is 51.2. The summed E-state index contributed by atoms with van der Waals surface area (Å²) in [6, 6.07) is 114. The molecular weight excluding hydrogens is 1160 g/mol. The number of hydrogen-bond acceptors (Lipinski definition) is 8. The Bertz CT molecular complexity index is 5710. The summed E-state index contributed by atoms with van der Waals surface area (Å²) in [5.41, 5.74) is 24.0. The Kier molecular flexibility index (Phi) is 12.5. The summed E-state index contributed by atoms with van der Waals surface area (Å²) < 4.78 is 9.21. The van der Waals surface area contributed by atoms with Crippen molar-refractivity contribution in [3.05, 3.63) is 322 Å². The summed E-state index contributed by atoms with van der Waals surface area (Å²) in [6.45, 7) is -0.0145. The van der Waals surface area contributed by atoms with Gasteiger partial charge in [-0.2, -0.15) is 0 Å². The standard InChI is InChI=1S/C85H53BN8O/c1-6-25-54(26-7-1)69-53-70(88-84(87-69)58-32-24-31-57(49-58)60-51-76-80-77(52-60)93(62-35-14-5-15-36-62)74-43-22-19-40-68(74)86(80)67-39-18-21-42-73(67)92(76)61-33-12-4-13-34-61)66-50-59(85-90-82(55-27-8-2-9-28-55)89-83(91-85)56-29-10-3-11-30-56)45-47-72(66)94-71-41-20-16-38-65(71)79-75(94)48-46-64-63-37-17-23-44-78(63)95-81(64)79/h1-53H. The van der Waals surface area contributed by atoms with Crippen LogP contribution in [0.4, 0.5) is 34.1 Å². The Morgan fingerprint density at radius 2 is 0.779 bits per heavy atom. The number of nitrogens with zero attached hydrogens (tertiary/aromatic N) is 8. The molecule has 0 atom stereocenters. The normalized spacial score (nSPS) is 12.4. The molecule has 0 amide bonds. The van der Waals surface area contributed by atoms with Crippen LogP contribution in [0.2, 0.25) is 0 Å². The Labute approximate surface area is 547 Å². The van der Waals surface area contributed by atoms with E-state index in [1.165, 1.54) is 16.4 Å². The maximum atomic E-state index is 6.85. The molecule has 0 bridgehead atoms. The number of aromatic nitrogens is 6. The lowest BCUT2D eigenvalue weighted by Crippen LogP contribution is -2.61. The summed E-state index contributed by atoms with van der Waals surface area (Å²) >= 11 is 0. The third kappa shape index (κ3) is 8.91. The summed E-state index contributed by atoms with van der Waals surface area (Å²) in [5.74, 6) is 2.25. The molecule has 95 heavy (non-hydrogen) atoms. The van der Waals surface area contributed by atoms with Gasteiger partial charge < -0.3 is 18.8 Å². The Morgan fingerprint density at radius 1 is 0.284 bits per heavy atom. The SMILES string of the molecule is c1ccc(-c2cc(-c3cc(-c4nc(-c5ccccc5)nc(-c5ccccc5)n4)ccc3-n3c4ccccc4c4c5oc6ccccc6c5ccc43)nc(-c3cccc(-c4cc5c6c(c4)N(c4ccccc4)c4ccccc4B6c4ccccc4N5c4ccccc4)c3)n2)cc1. The van der Waals surface area contributed by atoms with E-state index < -0.39 is 0 Å². The molecule has 0 saturated heterocycles. The molecule has 6 heterocycles. The molecule has 0 saturated carbocycles. The molecule has 9 nitrogen and oxygen atoms in total. The van der Waals surface area contributed by atoms with E-state index >= 15 is 0 Å². The van der Waals surface area contributed by atoms with Gasteiger partial charge >= 0.3 is 0 Å². The van der Waals surface area contributed by atoms with Gasteiger partial charge in [-0.15, -0.1) is 0 Å². The molecule has 0 spiro atoms. The monoisotopic (exact) mass is 1210 g/mol. The van der Waals surface area contributed by atoms with Crippen molar-refractivity contribution in [2.24, 2.45) is 0 Å². The zero-order valence-electron chi connectivity index (χ0n) is 51.2. The van der Waals surface area contributed by atoms with Crippen LogP contribution in [0.1, 0.15) is 0 Å². The molecule has 17 aromatic rings. The van der Waals surface area contributed by atoms with E-state index in [2.05, 4.69) is 257 Å². The van der Waals surface area contributed by atoms with Gasteiger partial charge in [0.25, 0.3) is 6.71 Å². The highest BCUT2D eigenvalue weighted by Crippen LogP contribution is 2.48. The molecule has 4 aromatic heterocycles. The summed E-state index contributed by atoms with van der Waals surface area (Å²) in [6.07, 6.45) is 0. The van der Waals surface area contributed by atoms with Crippen molar-refractivity contribution in [3.63, 3.8) is 0 Å². The van der Waals surface area contributed by atoms with Crippen LogP contribution in [-0.2, 0) is 0 Å². The second-order valence-electron chi connectivity index (χ2n) is 24.3. The minimum Gasteiger partial charge on any atom is -0.455 e. The van der Waals surface area contributed by atoms with E-state index in [0.29, 0.717) is 29.0 Å². The van der Waals surface area contributed by atoms with Crippen molar-refractivity contribution in [1.29, 1.82) is 0 Å². The van der Waals surface area contributed by atoms with Crippen molar-refractivity contribution in [2.45, 2.75) is 0 Å². The molecule has 2 aliphatic heterocycles. The van der Waals surface area contributed by atoms with Gasteiger partial charge in [0.1, 0.15) is 11.2 Å². The molecule has 0 fully saturated rings. The van der Waals surface area contributed by atoms with E-state index in [-0.39, 0.29) is 6.71 Å². The predicted molar refractivity (Wildman–Crippen MR) is 389 cm³/mol. The quantitative estimate of drug-likeness (QED) is 0.125. The van der Waals surface area contributed by atoms with Gasteiger partial charge in [0.15, 0.2) is 23.3 Å². The van der Waals surface area contributed by atoms with Gasteiger partial charge in [0.2, 0.25) is 0 Å². The lowest BCUT2D eigenvalue weighted by atomic mass is 9.33. The van der Waals surface area contributed by atoms with Crippen LogP contribution in [0.15, 0.2) is 326 Å². The second kappa shape index (κ2) is 22.0. The van der Waals surface area contributed by atoms with Crippen molar-refractivity contribution < 1.29 is 4.42 Å². The van der Waals surface area contributed by atoms with Crippen molar-refractivity contribution >= 4 is 101 Å². The molecule has 442 valence electrons. The van der Waals surface area contributed by atoms with Crippen LogP contribution in [0.3, 0.4) is 0 Å². The van der Waals surface area contributed by atoms with Crippen molar-refractivity contribution in [1.82, 2.24) is 29.5 Å². The lowest BCUT2D eigenvalue weighted by Gasteiger charge is -2.44. The van der Waals surface area contributed by atoms with Crippen LogP contribution in [0, 0.1) is 0 Å². The fraction of sp³-hybridized carbons (Fsp3) is 0. The smallest absolute Gasteiger partial charge is 0.252 e. The topological polar surface area (TPSA) is 89.0 Å². The molecular formula is C85H53BN8O. The van der Waals surface area contributed by atoms with Gasteiger partial charge in [-0.05, 0) is 131 Å². The highest BCUT2D eigenvalue weighted by Gasteiger charge is 2.43. The molecule has 0 aliphatic carbocycles. The Balaban J connectivity index is 0.847.